The molecule has 1 heterocycles. The minimum absolute atomic E-state index is 0.429. The number of ether oxygens (including phenoxy) is 2. The smallest absolute Gasteiger partial charge is 0.172 e. The molecule has 0 N–H and O–H groups in total. The standard InChI is InChI=1S/C61H41NO2/c1-3-16-40(17-4-1)42-20-13-21-43(34-42)45-23-15-25-47(36-45)62(46-24-14-22-44(35-46)41-18-5-2-6-19-41)48-32-33-57-58(37-48)64-60-39-56-52(38-59(60)63-57)51-28-9-12-31-55(51)61(56)53-29-10-7-26-49(53)50-27-8-11-30-54(50)61/h1-7,9-10,12-39H,8,11H2. The third-order valence-electron chi connectivity index (χ3n) is 13.5. The monoisotopic (exact) mass is 819 g/mol. The SMILES string of the molecule is C1=C2C(=CCC1)C1(c3ccccc32)c2ccccc2-c2cc3c(cc21)Oc1cc(N(c2cccc(-c4ccccc4)c2)c2cccc(-c4cccc(-c5ccccc5)c4)c2)ccc1O3. The molecular formula is C61H41NO2. The highest BCUT2D eigenvalue weighted by atomic mass is 16.6. The van der Waals surface area contributed by atoms with Crippen LogP contribution in [0.1, 0.15) is 35.1 Å². The third kappa shape index (κ3) is 5.60. The highest BCUT2D eigenvalue weighted by Gasteiger charge is 2.54. The van der Waals surface area contributed by atoms with Gasteiger partial charge in [0.05, 0.1) is 11.1 Å². The molecule has 1 unspecified atom stereocenters. The van der Waals surface area contributed by atoms with Crippen molar-refractivity contribution in [2.24, 2.45) is 0 Å². The second kappa shape index (κ2) is 14.5. The number of benzene rings is 9. The number of allylic oxidation sites excluding steroid dienone is 4. The second-order valence-electron chi connectivity index (χ2n) is 17.1. The number of fused-ring (bicyclic) bond motifs is 12. The molecule has 3 aliphatic carbocycles. The number of rotatable bonds is 6. The summed E-state index contributed by atoms with van der Waals surface area (Å²) in [5.74, 6) is 2.81. The normalized spacial score (nSPS) is 15.9. The third-order valence-corrected chi connectivity index (χ3v) is 13.5. The molecule has 4 aliphatic rings. The van der Waals surface area contributed by atoms with E-state index in [2.05, 4.69) is 229 Å². The van der Waals surface area contributed by atoms with E-state index in [9.17, 15) is 0 Å². The van der Waals surface area contributed by atoms with Crippen molar-refractivity contribution in [1.82, 2.24) is 0 Å². The molecule has 0 aromatic heterocycles. The van der Waals surface area contributed by atoms with Crippen LogP contribution in [-0.2, 0) is 5.41 Å². The molecule has 0 fully saturated rings. The summed E-state index contributed by atoms with van der Waals surface area (Å²) in [4.78, 5) is 2.32. The minimum Gasteiger partial charge on any atom is -0.449 e. The Bertz CT molecular complexity index is 3400. The largest absolute Gasteiger partial charge is 0.449 e. The summed E-state index contributed by atoms with van der Waals surface area (Å²) in [5, 5.41) is 0. The average Bonchev–Trinajstić information content (AvgIpc) is 3.82. The Labute approximate surface area is 373 Å². The molecule has 0 bridgehead atoms. The van der Waals surface area contributed by atoms with Gasteiger partial charge in [-0.05, 0) is 145 Å². The predicted octanol–water partition coefficient (Wildman–Crippen LogP) is 16.5. The van der Waals surface area contributed by atoms with E-state index >= 15 is 0 Å². The zero-order valence-corrected chi connectivity index (χ0v) is 35.0. The predicted molar refractivity (Wildman–Crippen MR) is 261 cm³/mol. The first kappa shape index (κ1) is 36.5. The Hall–Kier alpha value is -8.14. The van der Waals surface area contributed by atoms with E-state index in [1.54, 1.807) is 0 Å². The van der Waals surface area contributed by atoms with Gasteiger partial charge >= 0.3 is 0 Å². The zero-order valence-electron chi connectivity index (χ0n) is 35.0. The lowest BCUT2D eigenvalue weighted by molar-refractivity contribution is 0.359. The Kier molecular flexibility index (Phi) is 8.26. The van der Waals surface area contributed by atoms with Crippen LogP contribution >= 0.6 is 0 Å². The van der Waals surface area contributed by atoms with Crippen LogP contribution in [0.5, 0.6) is 23.0 Å². The van der Waals surface area contributed by atoms with Crippen molar-refractivity contribution in [3.63, 3.8) is 0 Å². The average molecular weight is 820 g/mol. The summed E-state index contributed by atoms with van der Waals surface area (Å²) >= 11 is 0. The van der Waals surface area contributed by atoms with Gasteiger partial charge in [0.15, 0.2) is 23.0 Å². The molecular weight excluding hydrogens is 779 g/mol. The van der Waals surface area contributed by atoms with Crippen LogP contribution in [0.4, 0.5) is 17.1 Å². The number of nitrogens with zero attached hydrogens (tertiary/aromatic N) is 1. The Balaban J connectivity index is 0.934. The van der Waals surface area contributed by atoms with Gasteiger partial charge in [0.2, 0.25) is 0 Å². The van der Waals surface area contributed by atoms with Crippen LogP contribution in [-0.4, -0.2) is 0 Å². The lowest BCUT2D eigenvalue weighted by atomic mass is 9.69. The first-order valence-corrected chi connectivity index (χ1v) is 22.2. The Morgan fingerprint density at radius 2 is 0.828 bits per heavy atom. The molecule has 1 spiro atoms. The fourth-order valence-corrected chi connectivity index (χ4v) is 10.8. The lowest BCUT2D eigenvalue weighted by Gasteiger charge is -2.32. The van der Waals surface area contributed by atoms with Crippen molar-refractivity contribution in [3.8, 4) is 67.5 Å². The molecule has 3 heteroatoms. The highest BCUT2D eigenvalue weighted by Crippen LogP contribution is 2.66. The van der Waals surface area contributed by atoms with Crippen molar-refractivity contribution in [2.45, 2.75) is 18.3 Å². The van der Waals surface area contributed by atoms with Crippen molar-refractivity contribution < 1.29 is 9.47 Å². The van der Waals surface area contributed by atoms with E-state index in [-0.39, 0.29) is 0 Å². The molecule has 302 valence electrons. The summed E-state index contributed by atoms with van der Waals surface area (Å²) in [6.45, 7) is 0. The van der Waals surface area contributed by atoms with Gasteiger partial charge in [0, 0.05) is 17.4 Å². The van der Waals surface area contributed by atoms with Crippen molar-refractivity contribution in [2.75, 3.05) is 4.90 Å². The summed E-state index contributed by atoms with van der Waals surface area (Å²) in [5.41, 5.74) is 20.0. The first-order chi connectivity index (χ1) is 31.7. The summed E-state index contributed by atoms with van der Waals surface area (Å²) < 4.78 is 13.9. The molecule has 64 heavy (non-hydrogen) atoms. The fourth-order valence-electron chi connectivity index (χ4n) is 10.8. The minimum atomic E-state index is -0.429. The van der Waals surface area contributed by atoms with Crippen molar-refractivity contribution in [1.29, 1.82) is 0 Å². The van der Waals surface area contributed by atoms with Gasteiger partial charge in [0.1, 0.15) is 0 Å². The van der Waals surface area contributed by atoms with Gasteiger partial charge in [-0.1, -0.05) is 164 Å². The van der Waals surface area contributed by atoms with Crippen molar-refractivity contribution >= 4 is 22.6 Å². The van der Waals surface area contributed by atoms with E-state index in [4.69, 9.17) is 9.47 Å². The maximum absolute atomic E-state index is 7.05. The molecule has 1 aliphatic heterocycles. The molecule has 0 radical (unpaired) electrons. The Morgan fingerprint density at radius 1 is 0.328 bits per heavy atom. The molecule has 9 aromatic rings. The van der Waals surface area contributed by atoms with Gasteiger partial charge in [-0.25, -0.2) is 0 Å². The van der Waals surface area contributed by atoms with Crippen LogP contribution in [0, 0.1) is 0 Å². The van der Waals surface area contributed by atoms with Crippen LogP contribution in [0.25, 0.3) is 50.1 Å². The number of hydrogen-bond donors (Lipinski definition) is 0. The van der Waals surface area contributed by atoms with E-state index in [0.29, 0.717) is 11.5 Å². The summed E-state index contributed by atoms with van der Waals surface area (Å²) in [6, 6.07) is 76.3. The molecule has 0 saturated heterocycles. The maximum atomic E-state index is 7.05. The van der Waals surface area contributed by atoms with Crippen molar-refractivity contribution in [3.05, 3.63) is 252 Å². The second-order valence-corrected chi connectivity index (χ2v) is 17.1. The number of anilines is 3. The first-order valence-electron chi connectivity index (χ1n) is 22.2. The molecule has 0 amide bonds. The van der Waals surface area contributed by atoms with E-state index in [1.807, 2.05) is 0 Å². The van der Waals surface area contributed by atoms with Crippen LogP contribution in [0.15, 0.2) is 230 Å². The van der Waals surface area contributed by atoms with Gasteiger partial charge < -0.3 is 14.4 Å². The maximum Gasteiger partial charge on any atom is 0.172 e. The quantitative estimate of drug-likeness (QED) is 0.167. The Morgan fingerprint density at radius 3 is 1.55 bits per heavy atom. The molecule has 0 saturated carbocycles. The van der Waals surface area contributed by atoms with Gasteiger partial charge in [-0.2, -0.15) is 0 Å². The van der Waals surface area contributed by atoms with E-state index < -0.39 is 5.41 Å². The summed E-state index contributed by atoms with van der Waals surface area (Å²) in [6.07, 6.45) is 7.01. The summed E-state index contributed by atoms with van der Waals surface area (Å²) in [7, 11) is 0. The van der Waals surface area contributed by atoms with Crippen LogP contribution < -0.4 is 14.4 Å². The fraction of sp³-hybridized carbons (Fsp3) is 0.0492. The van der Waals surface area contributed by atoms with Gasteiger partial charge in [0.25, 0.3) is 0 Å². The number of hydrogen-bond acceptors (Lipinski definition) is 3. The molecule has 9 aromatic carbocycles. The van der Waals surface area contributed by atoms with E-state index in [1.165, 1.54) is 61.2 Å². The van der Waals surface area contributed by atoms with Crippen LogP contribution in [0.2, 0.25) is 0 Å². The molecule has 13 rings (SSSR count). The topological polar surface area (TPSA) is 21.7 Å². The van der Waals surface area contributed by atoms with Gasteiger partial charge in [-0.15, -0.1) is 0 Å². The molecule has 1 atom stereocenters. The zero-order chi connectivity index (χ0) is 42.2. The molecule has 3 nitrogen and oxygen atoms in total. The highest BCUT2D eigenvalue weighted by molar-refractivity contribution is 6.01. The van der Waals surface area contributed by atoms with Gasteiger partial charge in [-0.3, -0.25) is 0 Å². The van der Waals surface area contributed by atoms with Crippen LogP contribution in [0.3, 0.4) is 0 Å². The van der Waals surface area contributed by atoms with E-state index in [0.717, 1.165) is 58.1 Å². The lowest BCUT2D eigenvalue weighted by Crippen LogP contribution is -2.26.